The van der Waals surface area contributed by atoms with Crippen molar-refractivity contribution in [3.63, 3.8) is 0 Å². The van der Waals surface area contributed by atoms with Gasteiger partial charge < -0.3 is 16.8 Å². The van der Waals surface area contributed by atoms with Crippen molar-refractivity contribution in [2.75, 3.05) is 5.73 Å². The first-order valence-electron chi connectivity index (χ1n) is 11.0. The number of anilines is 1. The Balaban J connectivity index is 1.28. The number of benzene rings is 2. The van der Waals surface area contributed by atoms with Gasteiger partial charge in [0.2, 0.25) is 0 Å². The molecule has 5 rings (SSSR count). The molecule has 0 unspecified atom stereocenters. The number of carbonyl (C=O) groups is 2. The van der Waals surface area contributed by atoms with Gasteiger partial charge in [0.25, 0.3) is 11.8 Å². The lowest BCUT2D eigenvalue weighted by atomic mass is 10.0. The average Bonchev–Trinajstić information content (AvgIpc) is 2.87. The van der Waals surface area contributed by atoms with Gasteiger partial charge in [0.15, 0.2) is 0 Å². The van der Waals surface area contributed by atoms with Crippen molar-refractivity contribution in [2.45, 2.75) is 13.0 Å². The first-order chi connectivity index (χ1) is 17.0. The van der Waals surface area contributed by atoms with Crippen molar-refractivity contribution in [3.8, 4) is 0 Å². The SMILES string of the molecule is NC(=O)c1ccc2cc(Cc3cc(C(=O)NCc4ccc5c(N)nccc5c4)ccn3)ccc2n1. The number of carbonyl (C=O) groups excluding carboxylic acids is 2. The van der Waals surface area contributed by atoms with Gasteiger partial charge in [-0.1, -0.05) is 24.3 Å². The van der Waals surface area contributed by atoms with E-state index in [0.717, 1.165) is 33.0 Å². The van der Waals surface area contributed by atoms with E-state index in [4.69, 9.17) is 11.5 Å². The Labute approximate surface area is 201 Å². The standard InChI is InChI=1S/C27H22N6O2/c28-25-22-4-1-17(12-18(22)7-10-31-25)15-32-27(35)20-8-9-30-21(14-20)13-16-2-5-23-19(11-16)3-6-24(33-23)26(29)34/h1-12,14H,13,15H2,(H2,28,31)(H2,29,34)(H,32,35). The molecule has 0 fully saturated rings. The minimum atomic E-state index is -0.558. The fraction of sp³-hybridized carbons (Fsp3) is 0.0741. The van der Waals surface area contributed by atoms with E-state index in [-0.39, 0.29) is 11.6 Å². The van der Waals surface area contributed by atoms with Gasteiger partial charge in [-0.25, -0.2) is 9.97 Å². The molecule has 0 saturated heterocycles. The molecule has 0 aliphatic rings. The number of nitrogens with zero attached hydrogens (tertiary/aromatic N) is 3. The van der Waals surface area contributed by atoms with Gasteiger partial charge in [-0.2, -0.15) is 0 Å². The lowest BCUT2D eigenvalue weighted by molar-refractivity contribution is 0.0949. The number of amides is 2. The summed E-state index contributed by atoms with van der Waals surface area (Å²) in [4.78, 5) is 36.9. The summed E-state index contributed by atoms with van der Waals surface area (Å²) in [5, 5.41) is 5.73. The third-order valence-corrected chi connectivity index (χ3v) is 5.78. The Morgan fingerprint density at radius 1 is 0.829 bits per heavy atom. The molecule has 0 radical (unpaired) electrons. The first-order valence-corrected chi connectivity index (χ1v) is 11.0. The molecule has 3 aromatic heterocycles. The number of nitrogens with two attached hydrogens (primary N) is 2. The molecule has 2 amide bonds. The second-order valence-electron chi connectivity index (χ2n) is 8.23. The smallest absolute Gasteiger partial charge is 0.267 e. The Hall–Kier alpha value is -4.85. The zero-order chi connectivity index (χ0) is 24.4. The maximum Gasteiger partial charge on any atom is 0.267 e. The maximum atomic E-state index is 12.8. The van der Waals surface area contributed by atoms with Crippen LogP contribution in [-0.4, -0.2) is 26.8 Å². The predicted molar refractivity (Wildman–Crippen MR) is 135 cm³/mol. The molecule has 2 aromatic carbocycles. The van der Waals surface area contributed by atoms with Crippen LogP contribution in [0.3, 0.4) is 0 Å². The Bertz CT molecular complexity index is 1600. The van der Waals surface area contributed by atoms with E-state index in [9.17, 15) is 9.59 Å². The van der Waals surface area contributed by atoms with Crippen LogP contribution >= 0.6 is 0 Å². The van der Waals surface area contributed by atoms with Crippen molar-refractivity contribution in [1.29, 1.82) is 0 Å². The summed E-state index contributed by atoms with van der Waals surface area (Å²) in [5.74, 6) is -0.247. The maximum absolute atomic E-state index is 12.8. The fourth-order valence-electron chi connectivity index (χ4n) is 3.99. The molecule has 172 valence electrons. The van der Waals surface area contributed by atoms with Crippen LogP contribution < -0.4 is 16.8 Å². The monoisotopic (exact) mass is 462 g/mol. The van der Waals surface area contributed by atoms with Gasteiger partial charge in [0.05, 0.1) is 5.52 Å². The molecule has 35 heavy (non-hydrogen) atoms. The molecule has 0 spiro atoms. The number of primary amides is 1. The first kappa shape index (κ1) is 22.0. The highest BCUT2D eigenvalue weighted by Gasteiger charge is 2.10. The van der Waals surface area contributed by atoms with Crippen LogP contribution in [-0.2, 0) is 13.0 Å². The third kappa shape index (κ3) is 4.77. The lowest BCUT2D eigenvalue weighted by Crippen LogP contribution is -2.23. The summed E-state index contributed by atoms with van der Waals surface area (Å²) < 4.78 is 0. The number of aromatic nitrogens is 3. The number of hydrogen-bond acceptors (Lipinski definition) is 6. The quantitative estimate of drug-likeness (QED) is 0.354. The van der Waals surface area contributed by atoms with Gasteiger partial charge in [0, 0.05) is 47.4 Å². The Morgan fingerprint density at radius 3 is 2.49 bits per heavy atom. The number of nitrogen functional groups attached to an aromatic ring is 1. The fourth-order valence-corrected chi connectivity index (χ4v) is 3.99. The zero-order valence-electron chi connectivity index (χ0n) is 18.7. The van der Waals surface area contributed by atoms with Crippen LogP contribution in [0.25, 0.3) is 21.7 Å². The van der Waals surface area contributed by atoms with Crippen LogP contribution in [0.15, 0.2) is 79.1 Å². The molecule has 0 atom stereocenters. The molecule has 5 aromatic rings. The average molecular weight is 463 g/mol. The number of fused-ring (bicyclic) bond motifs is 2. The van der Waals surface area contributed by atoms with E-state index in [1.54, 1.807) is 30.6 Å². The molecule has 0 aliphatic carbocycles. The van der Waals surface area contributed by atoms with Crippen LogP contribution in [0, 0.1) is 0 Å². The van der Waals surface area contributed by atoms with Crippen molar-refractivity contribution >= 4 is 39.3 Å². The van der Waals surface area contributed by atoms with Gasteiger partial charge in [-0.3, -0.25) is 14.6 Å². The molecule has 5 N–H and O–H groups in total. The van der Waals surface area contributed by atoms with E-state index >= 15 is 0 Å². The molecule has 0 bridgehead atoms. The summed E-state index contributed by atoms with van der Waals surface area (Å²) in [6, 6.07) is 20.4. The molecule has 3 heterocycles. The molecular formula is C27H22N6O2. The van der Waals surface area contributed by atoms with Gasteiger partial charge in [0.1, 0.15) is 11.5 Å². The highest BCUT2D eigenvalue weighted by atomic mass is 16.2. The molecule has 0 saturated carbocycles. The summed E-state index contributed by atoms with van der Waals surface area (Å²) in [5.41, 5.74) is 15.4. The second kappa shape index (κ2) is 9.18. The predicted octanol–water partition coefficient (Wildman–Crippen LogP) is 3.38. The van der Waals surface area contributed by atoms with Crippen molar-refractivity contribution in [2.24, 2.45) is 5.73 Å². The molecule has 8 heteroatoms. The topological polar surface area (TPSA) is 137 Å². The van der Waals surface area contributed by atoms with E-state index in [2.05, 4.69) is 20.3 Å². The normalized spacial score (nSPS) is 11.0. The van der Waals surface area contributed by atoms with Gasteiger partial charge in [-0.15, -0.1) is 0 Å². The number of hydrogen-bond donors (Lipinski definition) is 3. The summed E-state index contributed by atoms with van der Waals surface area (Å²) in [7, 11) is 0. The minimum absolute atomic E-state index is 0.176. The number of rotatable bonds is 6. The third-order valence-electron chi connectivity index (χ3n) is 5.78. The van der Waals surface area contributed by atoms with Crippen LogP contribution in [0.4, 0.5) is 5.82 Å². The minimum Gasteiger partial charge on any atom is -0.383 e. The lowest BCUT2D eigenvalue weighted by Gasteiger charge is -2.09. The zero-order valence-corrected chi connectivity index (χ0v) is 18.7. The van der Waals surface area contributed by atoms with E-state index in [0.29, 0.717) is 29.9 Å². The summed E-state index contributed by atoms with van der Waals surface area (Å²) >= 11 is 0. The van der Waals surface area contributed by atoms with Crippen LogP contribution in [0.2, 0.25) is 0 Å². The van der Waals surface area contributed by atoms with E-state index in [1.165, 1.54) is 0 Å². The van der Waals surface area contributed by atoms with Crippen LogP contribution in [0.5, 0.6) is 0 Å². The van der Waals surface area contributed by atoms with E-state index in [1.807, 2.05) is 48.5 Å². The van der Waals surface area contributed by atoms with Gasteiger partial charge >= 0.3 is 0 Å². The Kier molecular flexibility index (Phi) is 5.76. The second-order valence-corrected chi connectivity index (χ2v) is 8.23. The van der Waals surface area contributed by atoms with E-state index < -0.39 is 5.91 Å². The number of pyridine rings is 3. The highest BCUT2D eigenvalue weighted by Crippen LogP contribution is 2.20. The van der Waals surface area contributed by atoms with Crippen molar-refractivity contribution < 1.29 is 9.59 Å². The van der Waals surface area contributed by atoms with Crippen LogP contribution in [0.1, 0.15) is 37.7 Å². The Morgan fingerprint density at radius 2 is 1.63 bits per heavy atom. The largest absolute Gasteiger partial charge is 0.383 e. The number of nitrogens with one attached hydrogen (secondary N) is 1. The highest BCUT2D eigenvalue weighted by molar-refractivity contribution is 5.95. The molecule has 0 aliphatic heterocycles. The molecular weight excluding hydrogens is 440 g/mol. The van der Waals surface area contributed by atoms with Crippen molar-refractivity contribution in [3.05, 3.63) is 107 Å². The summed E-state index contributed by atoms with van der Waals surface area (Å²) in [6.45, 7) is 0.389. The summed E-state index contributed by atoms with van der Waals surface area (Å²) in [6.07, 6.45) is 3.86. The van der Waals surface area contributed by atoms with Crippen molar-refractivity contribution in [1.82, 2.24) is 20.3 Å². The molecule has 8 nitrogen and oxygen atoms in total. The van der Waals surface area contributed by atoms with Gasteiger partial charge in [-0.05, 0) is 59.0 Å².